The van der Waals surface area contributed by atoms with Crippen LogP contribution in [-0.2, 0) is 28.5 Å². The smallest absolute Gasteiger partial charge is 0.344 e. The first-order valence-electron chi connectivity index (χ1n) is 8.52. The number of nitrogens with one attached hydrogen (secondary N) is 1. The highest BCUT2D eigenvalue weighted by molar-refractivity contribution is 6.13. The van der Waals surface area contributed by atoms with E-state index in [4.69, 9.17) is 23.7 Å². The SMILES string of the molecule is COC(=O)[C@]12OC(C)(C)O[C@H]1[C@@H]1COC3(Nc4ccccc4C3=O)[C@@H]2O1. The summed E-state index contributed by atoms with van der Waals surface area (Å²) in [6, 6.07) is 7.08. The van der Waals surface area contributed by atoms with Gasteiger partial charge in [-0.25, -0.2) is 4.79 Å². The van der Waals surface area contributed by atoms with Crippen molar-refractivity contribution in [1.82, 2.24) is 0 Å². The predicted octanol–water partition coefficient (Wildman–Crippen LogP) is 0.852. The van der Waals surface area contributed by atoms with Gasteiger partial charge in [-0.2, -0.15) is 0 Å². The van der Waals surface area contributed by atoms with E-state index in [2.05, 4.69) is 5.32 Å². The number of anilines is 1. The highest BCUT2D eigenvalue weighted by atomic mass is 16.8. The van der Waals surface area contributed by atoms with E-state index in [1.807, 2.05) is 6.07 Å². The van der Waals surface area contributed by atoms with Crippen molar-refractivity contribution in [1.29, 1.82) is 0 Å². The summed E-state index contributed by atoms with van der Waals surface area (Å²) in [6.45, 7) is 3.53. The Kier molecular flexibility index (Phi) is 3.01. The molecule has 5 atom stereocenters. The molecule has 0 amide bonds. The van der Waals surface area contributed by atoms with Crippen molar-refractivity contribution in [2.24, 2.45) is 0 Å². The van der Waals surface area contributed by atoms with E-state index < -0.39 is 41.4 Å². The first-order valence-corrected chi connectivity index (χ1v) is 8.52. The molecule has 8 nitrogen and oxygen atoms in total. The summed E-state index contributed by atoms with van der Waals surface area (Å²) in [4.78, 5) is 26.1. The molecule has 2 bridgehead atoms. The molecule has 1 N–H and O–H groups in total. The zero-order valence-electron chi connectivity index (χ0n) is 14.6. The molecule has 0 aromatic heterocycles. The number of Topliss-reactive ketones (excluding diaryl/α,β-unsaturated/α-hetero) is 1. The molecular weight excluding hydrogens is 342 g/mol. The summed E-state index contributed by atoms with van der Waals surface area (Å²) in [5.74, 6) is -1.96. The lowest BCUT2D eigenvalue weighted by atomic mass is 9.84. The molecule has 138 valence electrons. The maximum Gasteiger partial charge on any atom is 0.344 e. The molecule has 4 heterocycles. The van der Waals surface area contributed by atoms with Crippen LogP contribution in [0.15, 0.2) is 24.3 Å². The molecule has 1 spiro atoms. The fourth-order valence-corrected chi connectivity index (χ4v) is 4.56. The molecule has 4 aliphatic rings. The zero-order chi connectivity index (χ0) is 18.3. The standard InChI is InChI=1S/C18H19NO7/c1-16(2)25-13-11-8-23-18(12(20)9-6-4-5-7-10(9)19-18)14(24-11)17(13,26-16)15(21)22-3/h4-7,11,13-14,19H,8H2,1-3H3/t11-,13-,14+,17-,18?/m0/s1. The molecular formula is C18H19NO7. The van der Waals surface area contributed by atoms with Gasteiger partial charge in [-0.3, -0.25) is 4.79 Å². The van der Waals surface area contributed by atoms with Crippen LogP contribution >= 0.6 is 0 Å². The number of para-hydroxylation sites is 1. The molecule has 0 radical (unpaired) electrons. The Morgan fingerprint density at radius 3 is 2.81 bits per heavy atom. The highest BCUT2D eigenvalue weighted by Gasteiger charge is 2.79. The van der Waals surface area contributed by atoms with Gasteiger partial charge in [0.25, 0.3) is 0 Å². The van der Waals surface area contributed by atoms with E-state index in [0.29, 0.717) is 11.3 Å². The molecule has 5 rings (SSSR count). The number of ketones is 1. The average Bonchev–Trinajstić information content (AvgIpc) is 3.16. The van der Waals surface area contributed by atoms with Gasteiger partial charge in [0.2, 0.25) is 17.1 Å². The fraction of sp³-hybridized carbons (Fsp3) is 0.556. The van der Waals surface area contributed by atoms with E-state index in [0.717, 1.165) is 0 Å². The number of hydrogen-bond acceptors (Lipinski definition) is 8. The third-order valence-corrected chi connectivity index (χ3v) is 5.46. The second-order valence-electron chi connectivity index (χ2n) is 7.43. The maximum absolute atomic E-state index is 13.2. The summed E-state index contributed by atoms with van der Waals surface area (Å²) in [5, 5.41) is 3.13. The second-order valence-corrected chi connectivity index (χ2v) is 7.43. The van der Waals surface area contributed by atoms with Crippen molar-refractivity contribution in [2.45, 2.75) is 49.3 Å². The Morgan fingerprint density at radius 1 is 1.31 bits per heavy atom. The normalized spacial score (nSPS) is 41.7. The molecule has 0 saturated carbocycles. The summed E-state index contributed by atoms with van der Waals surface area (Å²) in [7, 11) is 1.28. The lowest BCUT2D eigenvalue weighted by molar-refractivity contribution is -0.259. The molecule has 1 unspecified atom stereocenters. The van der Waals surface area contributed by atoms with Crippen LogP contribution in [0.3, 0.4) is 0 Å². The number of esters is 1. The Balaban J connectivity index is 1.66. The van der Waals surface area contributed by atoms with E-state index in [9.17, 15) is 9.59 Å². The van der Waals surface area contributed by atoms with Crippen molar-refractivity contribution in [3.05, 3.63) is 29.8 Å². The van der Waals surface area contributed by atoms with Gasteiger partial charge in [0, 0.05) is 11.3 Å². The third kappa shape index (κ3) is 1.72. The van der Waals surface area contributed by atoms with Gasteiger partial charge in [0.1, 0.15) is 12.2 Å². The Hall–Kier alpha value is -2.00. The zero-order valence-corrected chi connectivity index (χ0v) is 14.6. The van der Waals surface area contributed by atoms with Gasteiger partial charge < -0.3 is 29.0 Å². The molecule has 0 aliphatic carbocycles. The van der Waals surface area contributed by atoms with Crippen molar-refractivity contribution in [2.75, 3.05) is 19.0 Å². The van der Waals surface area contributed by atoms with E-state index in [1.54, 1.807) is 32.0 Å². The number of hydrogen-bond donors (Lipinski definition) is 1. The minimum atomic E-state index is -1.59. The first-order chi connectivity index (χ1) is 12.3. The fourth-order valence-electron chi connectivity index (χ4n) is 4.56. The van der Waals surface area contributed by atoms with Crippen LogP contribution in [0, 0.1) is 0 Å². The number of fused-ring (bicyclic) bond motifs is 7. The van der Waals surface area contributed by atoms with Gasteiger partial charge in [0.05, 0.1) is 13.7 Å². The molecule has 1 aromatic carbocycles. The summed E-state index contributed by atoms with van der Waals surface area (Å²) >= 11 is 0. The van der Waals surface area contributed by atoms with Crippen molar-refractivity contribution in [3.8, 4) is 0 Å². The number of ether oxygens (including phenoxy) is 5. The predicted molar refractivity (Wildman–Crippen MR) is 86.5 cm³/mol. The minimum Gasteiger partial charge on any atom is -0.467 e. The van der Waals surface area contributed by atoms with E-state index >= 15 is 0 Å². The van der Waals surface area contributed by atoms with E-state index in [1.165, 1.54) is 7.11 Å². The summed E-state index contributed by atoms with van der Waals surface area (Å²) in [6.07, 6.45) is -2.31. The Bertz CT molecular complexity index is 824. The molecule has 3 saturated heterocycles. The van der Waals surface area contributed by atoms with Gasteiger partial charge >= 0.3 is 5.97 Å². The van der Waals surface area contributed by atoms with Gasteiger partial charge in [0.15, 0.2) is 11.9 Å². The van der Waals surface area contributed by atoms with Crippen LogP contribution in [0.5, 0.6) is 0 Å². The van der Waals surface area contributed by atoms with Gasteiger partial charge in [-0.15, -0.1) is 0 Å². The van der Waals surface area contributed by atoms with Crippen molar-refractivity contribution >= 4 is 17.4 Å². The minimum absolute atomic E-state index is 0.0894. The summed E-state index contributed by atoms with van der Waals surface area (Å²) < 4.78 is 29.1. The van der Waals surface area contributed by atoms with Crippen LogP contribution in [-0.4, -0.2) is 60.9 Å². The largest absolute Gasteiger partial charge is 0.467 e. The first kappa shape index (κ1) is 16.2. The quantitative estimate of drug-likeness (QED) is 0.736. The number of carbonyl (C=O) groups excluding carboxylic acids is 2. The number of methoxy groups -OCH3 is 1. The van der Waals surface area contributed by atoms with Crippen molar-refractivity contribution < 1.29 is 33.3 Å². The van der Waals surface area contributed by atoms with E-state index in [-0.39, 0.29) is 12.4 Å². The maximum atomic E-state index is 13.2. The molecule has 4 aliphatic heterocycles. The average molecular weight is 361 g/mol. The monoisotopic (exact) mass is 361 g/mol. The van der Waals surface area contributed by atoms with Crippen molar-refractivity contribution in [3.63, 3.8) is 0 Å². The molecule has 3 fully saturated rings. The number of rotatable bonds is 1. The molecule has 1 aromatic rings. The number of carbonyl (C=O) groups is 2. The Morgan fingerprint density at radius 2 is 2.08 bits per heavy atom. The number of benzene rings is 1. The summed E-state index contributed by atoms with van der Waals surface area (Å²) in [5.41, 5.74) is -2.05. The van der Waals surface area contributed by atoms with Gasteiger partial charge in [-0.1, -0.05) is 12.1 Å². The van der Waals surface area contributed by atoms with Crippen LogP contribution < -0.4 is 5.32 Å². The highest BCUT2D eigenvalue weighted by Crippen LogP contribution is 2.55. The molecule has 8 heteroatoms. The van der Waals surface area contributed by atoms with Gasteiger partial charge in [-0.05, 0) is 26.0 Å². The van der Waals surface area contributed by atoms with Crippen LogP contribution in [0.4, 0.5) is 5.69 Å². The Labute approximate surface area is 149 Å². The third-order valence-electron chi connectivity index (χ3n) is 5.46. The van der Waals surface area contributed by atoms with Crippen LogP contribution in [0.1, 0.15) is 24.2 Å². The van der Waals surface area contributed by atoms with Crippen LogP contribution in [0.2, 0.25) is 0 Å². The lowest BCUT2D eigenvalue weighted by Crippen LogP contribution is -2.67. The lowest BCUT2D eigenvalue weighted by Gasteiger charge is -2.42. The second kappa shape index (κ2) is 4.83. The molecule has 26 heavy (non-hydrogen) atoms. The topological polar surface area (TPSA) is 92.3 Å². The van der Waals surface area contributed by atoms with Crippen LogP contribution in [0.25, 0.3) is 0 Å².